The van der Waals surface area contributed by atoms with Gasteiger partial charge in [-0.2, -0.15) is 4.39 Å². The number of aromatic nitrogens is 2. The lowest BCUT2D eigenvalue weighted by molar-refractivity contribution is 0.0507. The molecule has 5 heteroatoms. The SMILES string of the molecule is CCOC(=O)c1c(F)ncn1CCc1ccccc1. The van der Waals surface area contributed by atoms with Crippen LogP contribution in [0.4, 0.5) is 4.39 Å². The summed E-state index contributed by atoms with van der Waals surface area (Å²) in [4.78, 5) is 15.2. The number of benzene rings is 1. The van der Waals surface area contributed by atoms with Gasteiger partial charge in [0.2, 0.25) is 5.95 Å². The minimum atomic E-state index is -0.786. The molecule has 0 aliphatic carbocycles. The average molecular weight is 262 g/mol. The molecule has 4 nitrogen and oxygen atoms in total. The molecule has 0 amide bonds. The smallest absolute Gasteiger partial charge is 0.359 e. The molecule has 0 radical (unpaired) electrons. The Balaban J connectivity index is 2.11. The number of aryl methyl sites for hydroxylation is 2. The lowest BCUT2D eigenvalue weighted by Crippen LogP contribution is -2.14. The van der Waals surface area contributed by atoms with E-state index in [0.717, 1.165) is 5.56 Å². The predicted molar refractivity (Wildman–Crippen MR) is 68.3 cm³/mol. The summed E-state index contributed by atoms with van der Waals surface area (Å²) in [6.07, 6.45) is 2.02. The van der Waals surface area contributed by atoms with Crippen LogP contribution in [-0.4, -0.2) is 22.1 Å². The van der Waals surface area contributed by atoms with E-state index >= 15 is 0 Å². The molecule has 0 unspecified atom stereocenters. The molecule has 1 aromatic carbocycles. The Hall–Kier alpha value is -2.17. The van der Waals surface area contributed by atoms with Gasteiger partial charge in [-0.3, -0.25) is 0 Å². The number of hydrogen-bond donors (Lipinski definition) is 0. The van der Waals surface area contributed by atoms with Crippen LogP contribution in [0.15, 0.2) is 36.7 Å². The summed E-state index contributed by atoms with van der Waals surface area (Å²) in [7, 11) is 0. The third kappa shape index (κ3) is 3.19. The minimum absolute atomic E-state index is 0.113. The molecule has 1 heterocycles. The van der Waals surface area contributed by atoms with Gasteiger partial charge in [-0.1, -0.05) is 30.3 Å². The lowest BCUT2D eigenvalue weighted by atomic mass is 10.1. The Morgan fingerprint density at radius 3 is 2.79 bits per heavy atom. The van der Waals surface area contributed by atoms with E-state index in [9.17, 15) is 9.18 Å². The normalized spacial score (nSPS) is 10.4. The highest BCUT2D eigenvalue weighted by atomic mass is 19.1. The van der Waals surface area contributed by atoms with Crippen LogP contribution in [0.5, 0.6) is 0 Å². The van der Waals surface area contributed by atoms with Crippen molar-refractivity contribution in [3.8, 4) is 0 Å². The maximum atomic E-state index is 13.5. The van der Waals surface area contributed by atoms with Crippen molar-refractivity contribution in [2.75, 3.05) is 6.61 Å². The fourth-order valence-electron chi connectivity index (χ4n) is 1.82. The third-order valence-corrected chi connectivity index (χ3v) is 2.75. The molecular formula is C14H15FN2O2. The molecular weight excluding hydrogens is 247 g/mol. The first kappa shape index (κ1) is 13.3. The molecule has 2 rings (SSSR count). The van der Waals surface area contributed by atoms with Crippen molar-refractivity contribution in [3.05, 3.63) is 53.9 Å². The molecule has 0 saturated heterocycles. The molecule has 0 aliphatic rings. The number of carbonyl (C=O) groups is 1. The molecule has 1 aromatic heterocycles. The quantitative estimate of drug-likeness (QED) is 0.777. The summed E-state index contributed by atoms with van der Waals surface area (Å²) in [5.41, 5.74) is 1.00. The number of halogens is 1. The second-order valence-corrected chi connectivity index (χ2v) is 4.03. The topological polar surface area (TPSA) is 44.1 Å². The molecule has 0 spiro atoms. The van der Waals surface area contributed by atoms with Gasteiger partial charge in [0.05, 0.1) is 12.9 Å². The summed E-state index contributed by atoms with van der Waals surface area (Å²) in [5, 5.41) is 0. The molecule has 100 valence electrons. The van der Waals surface area contributed by atoms with Gasteiger partial charge in [0.1, 0.15) is 0 Å². The van der Waals surface area contributed by atoms with Crippen molar-refractivity contribution in [2.45, 2.75) is 19.9 Å². The van der Waals surface area contributed by atoms with Gasteiger partial charge in [-0.15, -0.1) is 0 Å². The van der Waals surface area contributed by atoms with E-state index in [2.05, 4.69) is 4.98 Å². The van der Waals surface area contributed by atoms with Gasteiger partial charge < -0.3 is 9.30 Å². The first-order chi connectivity index (χ1) is 9.22. The number of hydrogen-bond acceptors (Lipinski definition) is 3. The average Bonchev–Trinajstić information content (AvgIpc) is 2.79. The number of nitrogens with zero attached hydrogens (tertiary/aromatic N) is 2. The second-order valence-electron chi connectivity index (χ2n) is 4.03. The highest BCUT2D eigenvalue weighted by molar-refractivity contribution is 5.87. The molecule has 0 saturated carbocycles. The van der Waals surface area contributed by atoms with Gasteiger partial charge in [-0.25, -0.2) is 9.78 Å². The zero-order chi connectivity index (χ0) is 13.7. The highest BCUT2D eigenvalue weighted by Gasteiger charge is 2.19. The molecule has 0 bridgehead atoms. The Labute approximate surface area is 110 Å². The van der Waals surface area contributed by atoms with E-state index in [1.54, 1.807) is 6.92 Å². The first-order valence-electron chi connectivity index (χ1n) is 6.14. The van der Waals surface area contributed by atoms with Crippen LogP contribution in [0.25, 0.3) is 0 Å². The van der Waals surface area contributed by atoms with Crippen molar-refractivity contribution in [1.29, 1.82) is 0 Å². The number of rotatable bonds is 5. The molecule has 0 fully saturated rings. The Bertz CT molecular complexity index is 552. The summed E-state index contributed by atoms with van der Waals surface area (Å²) < 4.78 is 19.8. The number of esters is 1. The van der Waals surface area contributed by atoms with E-state index < -0.39 is 11.9 Å². The van der Waals surface area contributed by atoms with Crippen LogP contribution >= 0.6 is 0 Å². The van der Waals surface area contributed by atoms with E-state index in [1.807, 2.05) is 30.3 Å². The van der Waals surface area contributed by atoms with Gasteiger partial charge in [0.15, 0.2) is 5.69 Å². The Morgan fingerprint density at radius 2 is 2.11 bits per heavy atom. The maximum absolute atomic E-state index is 13.5. The van der Waals surface area contributed by atoms with Crippen molar-refractivity contribution in [2.24, 2.45) is 0 Å². The number of ether oxygens (including phenoxy) is 1. The first-order valence-corrected chi connectivity index (χ1v) is 6.14. The summed E-state index contributed by atoms with van der Waals surface area (Å²) in [6.45, 7) is 2.37. The fraction of sp³-hybridized carbons (Fsp3) is 0.286. The Morgan fingerprint density at radius 1 is 1.37 bits per heavy atom. The van der Waals surface area contributed by atoms with E-state index in [4.69, 9.17) is 4.74 Å². The standard InChI is InChI=1S/C14H15FN2O2/c1-2-19-14(18)12-13(15)16-10-17(12)9-8-11-6-4-3-5-7-11/h3-7,10H,2,8-9H2,1H3. The number of imidazole rings is 1. The van der Waals surface area contributed by atoms with Crippen molar-refractivity contribution < 1.29 is 13.9 Å². The van der Waals surface area contributed by atoms with Gasteiger partial charge in [-0.05, 0) is 18.9 Å². The van der Waals surface area contributed by atoms with Crippen molar-refractivity contribution in [3.63, 3.8) is 0 Å². The van der Waals surface area contributed by atoms with Crippen LogP contribution < -0.4 is 0 Å². The van der Waals surface area contributed by atoms with Gasteiger partial charge >= 0.3 is 5.97 Å². The number of carbonyl (C=O) groups excluding carboxylic acids is 1. The van der Waals surface area contributed by atoms with E-state index in [-0.39, 0.29) is 12.3 Å². The van der Waals surface area contributed by atoms with E-state index in [1.165, 1.54) is 10.9 Å². The highest BCUT2D eigenvalue weighted by Crippen LogP contribution is 2.10. The third-order valence-electron chi connectivity index (χ3n) is 2.75. The zero-order valence-corrected chi connectivity index (χ0v) is 10.7. The van der Waals surface area contributed by atoms with Crippen molar-refractivity contribution >= 4 is 5.97 Å². The Kier molecular flexibility index (Phi) is 4.28. The van der Waals surface area contributed by atoms with Crippen LogP contribution in [0, 0.1) is 5.95 Å². The van der Waals surface area contributed by atoms with E-state index in [0.29, 0.717) is 13.0 Å². The molecule has 2 aromatic rings. The van der Waals surface area contributed by atoms with Crippen molar-refractivity contribution in [1.82, 2.24) is 9.55 Å². The monoisotopic (exact) mass is 262 g/mol. The zero-order valence-electron chi connectivity index (χ0n) is 10.7. The van der Waals surface area contributed by atoms with Crippen LogP contribution in [0.2, 0.25) is 0 Å². The summed E-state index contributed by atoms with van der Waals surface area (Å²) in [5.74, 6) is -1.46. The van der Waals surface area contributed by atoms with Crippen LogP contribution in [0.1, 0.15) is 23.0 Å². The predicted octanol–water partition coefficient (Wildman–Crippen LogP) is 2.44. The van der Waals surface area contributed by atoms with Gasteiger partial charge in [0.25, 0.3) is 0 Å². The van der Waals surface area contributed by atoms with Gasteiger partial charge in [0, 0.05) is 6.54 Å². The molecule has 0 aliphatic heterocycles. The molecule has 0 atom stereocenters. The fourth-order valence-corrected chi connectivity index (χ4v) is 1.82. The summed E-state index contributed by atoms with van der Waals surface area (Å²) in [6, 6.07) is 9.78. The van der Waals surface area contributed by atoms with Crippen LogP contribution in [0.3, 0.4) is 0 Å². The molecule has 0 N–H and O–H groups in total. The lowest BCUT2D eigenvalue weighted by Gasteiger charge is -2.07. The largest absolute Gasteiger partial charge is 0.461 e. The minimum Gasteiger partial charge on any atom is -0.461 e. The summed E-state index contributed by atoms with van der Waals surface area (Å²) >= 11 is 0. The second kappa shape index (κ2) is 6.13. The molecule has 19 heavy (non-hydrogen) atoms. The maximum Gasteiger partial charge on any atom is 0.359 e. The van der Waals surface area contributed by atoms with Crippen LogP contribution in [-0.2, 0) is 17.7 Å².